The molecule has 0 radical (unpaired) electrons. The largest absolute Gasteiger partial charge is 0.338 e. The number of benzene rings is 1. The van der Waals surface area contributed by atoms with Crippen molar-refractivity contribution < 1.29 is 4.79 Å². The second kappa shape index (κ2) is 7.90. The van der Waals surface area contributed by atoms with Crippen LogP contribution >= 0.6 is 0 Å². The molecule has 1 atom stereocenters. The number of likely N-dealkylation sites (tertiary alicyclic amines) is 1. The third-order valence-corrected chi connectivity index (χ3v) is 3.74. The third-order valence-electron chi connectivity index (χ3n) is 3.74. The van der Waals surface area contributed by atoms with E-state index in [1.54, 1.807) is 0 Å². The maximum Gasteiger partial charge on any atom is 0.314 e. The lowest BCUT2D eigenvalue weighted by Crippen LogP contribution is -2.43. The summed E-state index contributed by atoms with van der Waals surface area (Å²) in [4.78, 5) is 13.9. The standard InChI is InChI=1S/C16H25N3O/c1-2-17-16(20)18-11-15-9-6-10-19(13-15)12-14-7-4-3-5-8-14/h3-5,7-8,15H,2,6,9-13H2,1H3,(H2,17,18,20)/t15-/m0/s1. The average Bonchev–Trinajstić information content (AvgIpc) is 2.47. The number of hydrogen-bond acceptors (Lipinski definition) is 2. The molecular formula is C16H25N3O. The van der Waals surface area contributed by atoms with Gasteiger partial charge in [-0.2, -0.15) is 0 Å². The van der Waals surface area contributed by atoms with Crippen LogP contribution in [-0.2, 0) is 6.54 Å². The maximum absolute atomic E-state index is 11.4. The van der Waals surface area contributed by atoms with Crippen molar-refractivity contribution in [3.63, 3.8) is 0 Å². The summed E-state index contributed by atoms with van der Waals surface area (Å²) in [6, 6.07) is 10.5. The summed E-state index contributed by atoms with van der Waals surface area (Å²) in [5.74, 6) is 0.565. The van der Waals surface area contributed by atoms with E-state index in [4.69, 9.17) is 0 Å². The van der Waals surface area contributed by atoms with Crippen LogP contribution in [0.15, 0.2) is 30.3 Å². The molecule has 0 spiro atoms. The Kier molecular flexibility index (Phi) is 5.87. The topological polar surface area (TPSA) is 44.4 Å². The SMILES string of the molecule is CCNC(=O)NC[C@@H]1CCCN(Cc2ccccc2)C1. The van der Waals surface area contributed by atoms with Gasteiger partial charge < -0.3 is 10.6 Å². The van der Waals surface area contributed by atoms with Crippen molar-refractivity contribution in [2.24, 2.45) is 5.92 Å². The molecule has 1 saturated heterocycles. The Hall–Kier alpha value is -1.55. The molecule has 1 aromatic rings. The molecule has 0 bridgehead atoms. The number of hydrogen-bond donors (Lipinski definition) is 2. The number of nitrogens with zero attached hydrogens (tertiary/aromatic N) is 1. The lowest BCUT2D eigenvalue weighted by molar-refractivity contribution is 0.165. The Morgan fingerprint density at radius 1 is 1.30 bits per heavy atom. The average molecular weight is 275 g/mol. The van der Waals surface area contributed by atoms with Gasteiger partial charge in [0.15, 0.2) is 0 Å². The van der Waals surface area contributed by atoms with Crippen molar-refractivity contribution in [2.45, 2.75) is 26.3 Å². The van der Waals surface area contributed by atoms with Crippen LogP contribution in [0, 0.1) is 5.92 Å². The number of carbonyl (C=O) groups excluding carboxylic acids is 1. The number of piperidine rings is 1. The summed E-state index contributed by atoms with van der Waals surface area (Å²) in [7, 11) is 0. The van der Waals surface area contributed by atoms with Crippen molar-refractivity contribution in [2.75, 3.05) is 26.2 Å². The number of carbonyl (C=O) groups is 1. The molecule has 0 aliphatic carbocycles. The van der Waals surface area contributed by atoms with Gasteiger partial charge in [-0.3, -0.25) is 4.90 Å². The number of urea groups is 1. The molecule has 0 unspecified atom stereocenters. The summed E-state index contributed by atoms with van der Waals surface area (Å²) in [6.45, 7) is 6.63. The van der Waals surface area contributed by atoms with Crippen LogP contribution in [-0.4, -0.2) is 37.1 Å². The predicted octanol–water partition coefficient (Wildman–Crippen LogP) is 2.22. The van der Waals surface area contributed by atoms with E-state index >= 15 is 0 Å². The minimum absolute atomic E-state index is 0.0484. The summed E-state index contributed by atoms with van der Waals surface area (Å²) in [5.41, 5.74) is 1.37. The highest BCUT2D eigenvalue weighted by Gasteiger charge is 2.20. The monoisotopic (exact) mass is 275 g/mol. The molecule has 1 aromatic carbocycles. The molecule has 1 aliphatic heterocycles. The van der Waals surface area contributed by atoms with Gasteiger partial charge in [0.2, 0.25) is 0 Å². The lowest BCUT2D eigenvalue weighted by atomic mass is 9.97. The molecule has 1 fully saturated rings. The second-order valence-corrected chi connectivity index (χ2v) is 5.47. The van der Waals surface area contributed by atoms with E-state index in [1.807, 2.05) is 6.92 Å². The Labute approximate surface area is 121 Å². The highest BCUT2D eigenvalue weighted by atomic mass is 16.2. The van der Waals surface area contributed by atoms with Gasteiger partial charge in [0.25, 0.3) is 0 Å². The van der Waals surface area contributed by atoms with E-state index in [9.17, 15) is 4.79 Å². The fourth-order valence-corrected chi connectivity index (χ4v) is 2.76. The van der Waals surface area contributed by atoms with Gasteiger partial charge in [0, 0.05) is 26.2 Å². The van der Waals surface area contributed by atoms with Gasteiger partial charge in [-0.1, -0.05) is 30.3 Å². The normalized spacial score (nSPS) is 19.6. The summed E-state index contributed by atoms with van der Waals surface area (Å²) in [6.07, 6.45) is 2.42. The molecule has 4 nitrogen and oxygen atoms in total. The van der Waals surface area contributed by atoms with Crippen molar-refractivity contribution >= 4 is 6.03 Å². The quantitative estimate of drug-likeness (QED) is 0.865. The van der Waals surface area contributed by atoms with Gasteiger partial charge in [0.1, 0.15) is 0 Å². The zero-order valence-corrected chi connectivity index (χ0v) is 12.3. The smallest absolute Gasteiger partial charge is 0.314 e. The molecule has 1 aliphatic rings. The van der Waals surface area contributed by atoms with Crippen molar-refractivity contribution in [1.29, 1.82) is 0 Å². The molecular weight excluding hydrogens is 250 g/mol. The van der Waals surface area contributed by atoms with Gasteiger partial charge in [-0.25, -0.2) is 4.79 Å². The molecule has 0 aromatic heterocycles. The summed E-state index contributed by atoms with van der Waals surface area (Å²) in [5, 5.41) is 5.73. The fourth-order valence-electron chi connectivity index (χ4n) is 2.76. The first-order chi connectivity index (χ1) is 9.78. The maximum atomic E-state index is 11.4. The van der Waals surface area contributed by atoms with Crippen LogP contribution in [0.5, 0.6) is 0 Å². The summed E-state index contributed by atoms with van der Waals surface area (Å²) < 4.78 is 0. The van der Waals surface area contributed by atoms with Crippen LogP contribution in [0.3, 0.4) is 0 Å². The van der Waals surface area contributed by atoms with Gasteiger partial charge >= 0.3 is 6.03 Å². The first-order valence-corrected chi connectivity index (χ1v) is 7.56. The molecule has 2 amide bonds. The van der Waals surface area contributed by atoms with E-state index in [1.165, 1.54) is 18.4 Å². The van der Waals surface area contributed by atoms with E-state index in [0.717, 1.165) is 26.2 Å². The zero-order valence-electron chi connectivity index (χ0n) is 12.3. The van der Waals surface area contributed by atoms with Crippen LogP contribution < -0.4 is 10.6 Å². The first kappa shape index (κ1) is 14.9. The van der Waals surface area contributed by atoms with Crippen molar-refractivity contribution in [3.05, 3.63) is 35.9 Å². The predicted molar refractivity (Wildman–Crippen MR) is 81.5 cm³/mol. The lowest BCUT2D eigenvalue weighted by Gasteiger charge is -2.32. The van der Waals surface area contributed by atoms with Crippen molar-refractivity contribution in [1.82, 2.24) is 15.5 Å². The highest BCUT2D eigenvalue weighted by Crippen LogP contribution is 2.17. The minimum atomic E-state index is -0.0484. The first-order valence-electron chi connectivity index (χ1n) is 7.56. The van der Waals surface area contributed by atoms with Crippen LogP contribution in [0.2, 0.25) is 0 Å². The van der Waals surface area contributed by atoms with Gasteiger partial charge in [0.05, 0.1) is 0 Å². The number of rotatable bonds is 5. The third kappa shape index (κ3) is 4.85. The molecule has 2 rings (SSSR count). The zero-order chi connectivity index (χ0) is 14.2. The van der Waals surface area contributed by atoms with E-state index in [-0.39, 0.29) is 6.03 Å². The Bertz CT molecular complexity index is 407. The molecule has 2 N–H and O–H groups in total. The molecule has 4 heteroatoms. The molecule has 1 heterocycles. The number of amides is 2. The van der Waals surface area contributed by atoms with E-state index in [0.29, 0.717) is 12.5 Å². The minimum Gasteiger partial charge on any atom is -0.338 e. The van der Waals surface area contributed by atoms with Crippen LogP contribution in [0.1, 0.15) is 25.3 Å². The summed E-state index contributed by atoms with van der Waals surface area (Å²) >= 11 is 0. The Morgan fingerprint density at radius 3 is 2.85 bits per heavy atom. The second-order valence-electron chi connectivity index (χ2n) is 5.47. The van der Waals surface area contributed by atoms with Crippen LogP contribution in [0.4, 0.5) is 4.79 Å². The molecule has 0 saturated carbocycles. The van der Waals surface area contributed by atoms with Crippen LogP contribution in [0.25, 0.3) is 0 Å². The number of nitrogens with one attached hydrogen (secondary N) is 2. The Balaban J connectivity index is 1.75. The van der Waals surface area contributed by atoms with E-state index in [2.05, 4.69) is 45.9 Å². The Morgan fingerprint density at radius 2 is 2.10 bits per heavy atom. The molecule has 20 heavy (non-hydrogen) atoms. The van der Waals surface area contributed by atoms with Crippen molar-refractivity contribution in [3.8, 4) is 0 Å². The molecule has 110 valence electrons. The highest BCUT2D eigenvalue weighted by molar-refractivity contribution is 5.73. The fraction of sp³-hybridized carbons (Fsp3) is 0.562. The van der Waals surface area contributed by atoms with E-state index < -0.39 is 0 Å². The van der Waals surface area contributed by atoms with Gasteiger partial charge in [-0.15, -0.1) is 0 Å². The van der Waals surface area contributed by atoms with Gasteiger partial charge in [-0.05, 0) is 37.8 Å².